The van der Waals surface area contributed by atoms with Gasteiger partial charge in [0.2, 0.25) is 17.7 Å². The third-order valence-electron chi connectivity index (χ3n) is 11.5. The van der Waals surface area contributed by atoms with Crippen LogP contribution in [0, 0.1) is 71.0 Å². The molecule has 0 aliphatic rings. The summed E-state index contributed by atoms with van der Waals surface area (Å²) in [7, 11) is 0. The highest BCUT2D eigenvalue weighted by Crippen LogP contribution is 2.20. The molecular formula is C60H75N3O3. The molecule has 348 valence electrons. The first-order chi connectivity index (χ1) is 31.6. The maximum absolute atomic E-state index is 12.7. The molecule has 6 heteroatoms. The Hall–Kier alpha value is -6.03. The number of amides is 3. The molecule has 6 nitrogen and oxygen atoms in total. The van der Waals surface area contributed by atoms with Gasteiger partial charge in [0.1, 0.15) is 0 Å². The lowest BCUT2D eigenvalue weighted by atomic mass is 9.97. The maximum atomic E-state index is 12.7. The second-order valence-corrected chi connectivity index (χ2v) is 19.8. The Labute approximate surface area is 398 Å². The Kier molecular flexibility index (Phi) is 22.4. The standard InChI is InChI=1S/C60H75N3O3/c1-43(2)13-10-16-46(7)37-58(64)61-55-31-25-49(26-32-55)19-22-52-40-53(23-20-50-27-33-56(34-28-50)62-59(65)38-47(8)17-11-14-44(3)4)42-54(41-52)24-21-51-29-35-57(36-30-51)63-60(66)39-48(9)18-12-15-45(5)6/h25-36,40-48H,10-18,37-39H2,1-9H3,(H,61,64)(H,62,65)(H,63,66)/t46-,47-,48-/m1/s1. The normalized spacial score (nSPS) is 12.2. The summed E-state index contributed by atoms with van der Waals surface area (Å²) in [4.78, 5) is 38.2. The van der Waals surface area contributed by atoms with Crippen LogP contribution in [0.3, 0.4) is 0 Å². The molecule has 0 aliphatic carbocycles. The lowest BCUT2D eigenvalue weighted by Gasteiger charge is -2.12. The number of hydrogen-bond acceptors (Lipinski definition) is 3. The Morgan fingerprint density at radius 1 is 0.348 bits per heavy atom. The molecule has 3 atom stereocenters. The number of benzene rings is 4. The van der Waals surface area contributed by atoms with Crippen LogP contribution in [0.1, 0.15) is 173 Å². The molecule has 0 aliphatic heterocycles. The first kappa shape index (κ1) is 52.6. The van der Waals surface area contributed by atoms with E-state index >= 15 is 0 Å². The van der Waals surface area contributed by atoms with Crippen LogP contribution in [0.15, 0.2) is 91.0 Å². The summed E-state index contributed by atoms with van der Waals surface area (Å²) in [6.07, 6.45) is 11.7. The van der Waals surface area contributed by atoms with Gasteiger partial charge in [-0.3, -0.25) is 14.4 Å². The van der Waals surface area contributed by atoms with Crippen molar-refractivity contribution in [2.45, 2.75) is 139 Å². The van der Waals surface area contributed by atoms with Crippen LogP contribution in [-0.2, 0) is 14.4 Å². The Bertz CT molecular complexity index is 2060. The molecule has 0 heterocycles. The Morgan fingerprint density at radius 2 is 0.576 bits per heavy atom. The molecule has 66 heavy (non-hydrogen) atoms. The van der Waals surface area contributed by atoms with Crippen molar-refractivity contribution in [3.05, 3.63) is 124 Å². The second kappa shape index (κ2) is 28.1. The van der Waals surface area contributed by atoms with Gasteiger partial charge in [-0.05, 0) is 127 Å². The van der Waals surface area contributed by atoms with Gasteiger partial charge in [-0.2, -0.15) is 0 Å². The zero-order valence-electron chi connectivity index (χ0n) is 41.3. The van der Waals surface area contributed by atoms with Crippen LogP contribution < -0.4 is 16.0 Å². The van der Waals surface area contributed by atoms with Crippen molar-refractivity contribution in [1.82, 2.24) is 0 Å². The van der Waals surface area contributed by atoms with Crippen molar-refractivity contribution in [2.75, 3.05) is 16.0 Å². The zero-order chi connectivity index (χ0) is 47.8. The fraction of sp³-hybridized carbons (Fsp3) is 0.450. The van der Waals surface area contributed by atoms with Gasteiger partial charge in [0.05, 0.1) is 0 Å². The first-order valence-corrected chi connectivity index (χ1v) is 24.5. The number of nitrogens with one attached hydrogen (secondary N) is 3. The van der Waals surface area contributed by atoms with E-state index < -0.39 is 0 Å². The van der Waals surface area contributed by atoms with Gasteiger partial charge in [0, 0.05) is 69.7 Å². The molecule has 0 bridgehead atoms. The molecule has 3 amide bonds. The van der Waals surface area contributed by atoms with Crippen molar-refractivity contribution in [3.8, 4) is 35.5 Å². The zero-order valence-corrected chi connectivity index (χ0v) is 41.3. The molecule has 0 radical (unpaired) electrons. The minimum absolute atomic E-state index is 0.0312. The summed E-state index contributed by atoms with van der Waals surface area (Å²) in [5.41, 5.74) is 7.02. The highest BCUT2D eigenvalue weighted by molar-refractivity contribution is 5.92. The molecular weight excluding hydrogens is 811 g/mol. The summed E-state index contributed by atoms with van der Waals surface area (Å²) in [5, 5.41) is 9.12. The van der Waals surface area contributed by atoms with E-state index in [0.717, 1.165) is 89.0 Å². The van der Waals surface area contributed by atoms with Gasteiger partial charge in [-0.25, -0.2) is 0 Å². The molecule has 4 aromatic rings. The molecule has 0 saturated carbocycles. The third kappa shape index (κ3) is 21.8. The van der Waals surface area contributed by atoms with Gasteiger partial charge in [-0.15, -0.1) is 0 Å². The highest BCUT2D eigenvalue weighted by Gasteiger charge is 2.13. The van der Waals surface area contributed by atoms with Crippen molar-refractivity contribution in [2.24, 2.45) is 35.5 Å². The number of rotatable bonds is 21. The fourth-order valence-corrected chi connectivity index (χ4v) is 7.70. The third-order valence-corrected chi connectivity index (χ3v) is 11.5. The van der Waals surface area contributed by atoms with E-state index in [1.807, 2.05) is 91.0 Å². The van der Waals surface area contributed by atoms with Crippen LogP contribution in [0.25, 0.3) is 0 Å². The Balaban J connectivity index is 1.48. The average Bonchev–Trinajstić information content (AvgIpc) is 3.25. The average molecular weight is 886 g/mol. The SMILES string of the molecule is CC(C)CCC[C@@H](C)CC(=O)Nc1ccc(C#Cc2cc(C#Cc3ccc(NC(=O)C[C@H](C)CCCC(C)C)cc3)cc(C#Cc3ccc(NC(=O)C[C@H](C)CCCC(C)C)cc3)c2)cc1. The van der Waals surface area contributed by atoms with E-state index in [1.54, 1.807) is 0 Å². The topological polar surface area (TPSA) is 87.3 Å². The van der Waals surface area contributed by atoms with Crippen molar-refractivity contribution in [3.63, 3.8) is 0 Å². The molecule has 3 N–H and O–H groups in total. The van der Waals surface area contributed by atoms with E-state index in [1.165, 1.54) is 19.3 Å². The number of anilines is 3. The van der Waals surface area contributed by atoms with Crippen LogP contribution in [0.5, 0.6) is 0 Å². The molecule has 0 saturated heterocycles. The quantitative estimate of drug-likeness (QED) is 0.0729. The number of hydrogen-bond donors (Lipinski definition) is 3. The lowest BCUT2D eigenvalue weighted by Crippen LogP contribution is -2.15. The molecule has 0 aromatic heterocycles. The van der Waals surface area contributed by atoms with Gasteiger partial charge in [0.15, 0.2) is 0 Å². The summed E-state index contributed by atoms with van der Waals surface area (Å²) in [6.45, 7) is 19.8. The van der Waals surface area contributed by atoms with Gasteiger partial charge in [-0.1, -0.05) is 156 Å². The fourth-order valence-electron chi connectivity index (χ4n) is 7.70. The lowest BCUT2D eigenvalue weighted by molar-refractivity contribution is -0.117. The van der Waals surface area contributed by atoms with Crippen molar-refractivity contribution >= 4 is 34.8 Å². The molecule has 0 spiro atoms. The van der Waals surface area contributed by atoms with Gasteiger partial charge >= 0.3 is 0 Å². The van der Waals surface area contributed by atoms with Crippen LogP contribution >= 0.6 is 0 Å². The summed E-state index contributed by atoms with van der Waals surface area (Å²) < 4.78 is 0. The Morgan fingerprint density at radius 3 is 0.803 bits per heavy atom. The minimum Gasteiger partial charge on any atom is -0.326 e. The van der Waals surface area contributed by atoms with Crippen molar-refractivity contribution in [1.29, 1.82) is 0 Å². The molecule has 0 fully saturated rings. The van der Waals surface area contributed by atoms with Gasteiger partial charge < -0.3 is 16.0 Å². The van der Waals surface area contributed by atoms with E-state index in [4.69, 9.17) is 0 Å². The van der Waals surface area contributed by atoms with E-state index in [9.17, 15) is 14.4 Å². The van der Waals surface area contributed by atoms with Crippen LogP contribution in [-0.4, -0.2) is 17.7 Å². The first-order valence-electron chi connectivity index (χ1n) is 24.5. The second-order valence-electron chi connectivity index (χ2n) is 19.8. The van der Waals surface area contributed by atoms with Gasteiger partial charge in [0.25, 0.3) is 0 Å². The monoisotopic (exact) mass is 886 g/mol. The largest absolute Gasteiger partial charge is 0.326 e. The summed E-state index contributed by atoms with van der Waals surface area (Å²) in [6, 6.07) is 28.7. The predicted octanol–water partition coefficient (Wildman–Crippen LogP) is 14.3. The van der Waals surface area contributed by atoms with Crippen LogP contribution in [0.4, 0.5) is 17.1 Å². The smallest absolute Gasteiger partial charge is 0.224 e. The number of carbonyl (C=O) groups excluding carboxylic acids is 3. The minimum atomic E-state index is 0.0312. The van der Waals surface area contributed by atoms with Crippen molar-refractivity contribution < 1.29 is 14.4 Å². The summed E-state index contributed by atoms with van der Waals surface area (Å²) >= 11 is 0. The van der Waals surface area contributed by atoms with E-state index in [0.29, 0.717) is 54.8 Å². The molecule has 4 aromatic carbocycles. The maximum Gasteiger partial charge on any atom is 0.224 e. The van der Waals surface area contributed by atoms with E-state index in [-0.39, 0.29) is 17.7 Å². The van der Waals surface area contributed by atoms with E-state index in [2.05, 4.69) is 114 Å². The molecule has 4 rings (SSSR count). The molecule has 0 unspecified atom stereocenters. The summed E-state index contributed by atoms with van der Waals surface area (Å²) in [5.74, 6) is 22.9. The van der Waals surface area contributed by atoms with Crippen LogP contribution in [0.2, 0.25) is 0 Å². The predicted molar refractivity (Wildman–Crippen MR) is 277 cm³/mol. The highest BCUT2D eigenvalue weighted by atomic mass is 16.2. The number of carbonyl (C=O) groups is 3.